The highest BCUT2D eigenvalue weighted by molar-refractivity contribution is 8.14. The van der Waals surface area contributed by atoms with Crippen molar-refractivity contribution >= 4 is 51.8 Å². The number of halogens is 1. The van der Waals surface area contributed by atoms with Gasteiger partial charge in [-0.15, -0.1) is 0 Å². The molecule has 146 valence electrons. The van der Waals surface area contributed by atoms with Gasteiger partial charge in [0.15, 0.2) is 5.82 Å². The Morgan fingerprint density at radius 2 is 2.11 bits per heavy atom. The SMILES string of the molecule is C=CC(=O)SCCSCCOCCOc1ccc2c(C)c(F)c(=S)oc2c1. The van der Waals surface area contributed by atoms with Crippen LogP contribution in [-0.4, -0.2) is 42.2 Å². The molecule has 0 saturated carbocycles. The molecule has 0 N–H and O–H groups in total. The number of benzene rings is 1. The maximum Gasteiger partial charge on any atom is 0.226 e. The number of ether oxygens (including phenoxy) is 2. The normalized spacial score (nSPS) is 10.9. The molecular formula is C19H21FO4S3. The smallest absolute Gasteiger partial charge is 0.226 e. The summed E-state index contributed by atoms with van der Waals surface area (Å²) in [4.78, 5) is 11.0. The van der Waals surface area contributed by atoms with Crippen LogP contribution in [0.1, 0.15) is 5.56 Å². The summed E-state index contributed by atoms with van der Waals surface area (Å²) >= 11 is 7.89. The molecule has 0 bridgehead atoms. The predicted octanol–water partition coefficient (Wildman–Crippen LogP) is 5.18. The molecule has 1 aromatic carbocycles. The second-order valence-electron chi connectivity index (χ2n) is 5.43. The Kier molecular flexibility index (Phi) is 9.33. The third-order valence-electron chi connectivity index (χ3n) is 3.58. The van der Waals surface area contributed by atoms with E-state index in [0.29, 0.717) is 42.1 Å². The number of carbonyl (C=O) groups excluding carboxylic acids is 1. The van der Waals surface area contributed by atoms with Crippen molar-refractivity contribution in [2.75, 3.05) is 37.1 Å². The highest BCUT2D eigenvalue weighted by Crippen LogP contribution is 2.26. The quantitative estimate of drug-likeness (QED) is 0.277. The third kappa shape index (κ3) is 6.95. The average molecular weight is 429 g/mol. The number of hydrogen-bond acceptors (Lipinski definition) is 7. The van der Waals surface area contributed by atoms with Gasteiger partial charge in [-0.25, -0.2) is 4.39 Å². The Bertz CT molecular complexity index is 851. The molecule has 0 aliphatic carbocycles. The highest BCUT2D eigenvalue weighted by atomic mass is 32.2. The van der Waals surface area contributed by atoms with Crippen LogP contribution in [0.25, 0.3) is 11.0 Å². The molecule has 0 unspecified atom stereocenters. The first-order valence-corrected chi connectivity index (χ1v) is 10.9. The standard InChI is InChI=1S/C19H21FO4S3/c1-3-17(21)27-11-10-26-9-8-22-6-7-23-14-4-5-15-13(2)18(20)19(25)24-16(15)12-14/h3-5,12H,1,6-11H2,2H3. The van der Waals surface area contributed by atoms with Crippen LogP contribution in [0.4, 0.5) is 4.39 Å². The molecule has 0 radical (unpaired) electrons. The molecule has 0 amide bonds. The van der Waals surface area contributed by atoms with E-state index in [1.54, 1.807) is 36.9 Å². The highest BCUT2D eigenvalue weighted by Gasteiger charge is 2.09. The fraction of sp³-hybridized carbons (Fsp3) is 0.368. The van der Waals surface area contributed by atoms with E-state index in [2.05, 4.69) is 6.58 Å². The lowest BCUT2D eigenvalue weighted by Gasteiger charge is -2.09. The van der Waals surface area contributed by atoms with Crippen molar-refractivity contribution in [1.82, 2.24) is 0 Å². The number of fused-ring (bicyclic) bond motifs is 1. The Balaban J connectivity index is 1.65. The molecule has 1 aromatic heterocycles. The van der Waals surface area contributed by atoms with Gasteiger partial charge in [-0.2, -0.15) is 11.8 Å². The summed E-state index contributed by atoms with van der Waals surface area (Å²) < 4.78 is 30.1. The van der Waals surface area contributed by atoms with Crippen LogP contribution in [0.5, 0.6) is 5.75 Å². The number of hydrogen-bond donors (Lipinski definition) is 0. The third-order valence-corrected chi connectivity index (χ3v) is 5.90. The Morgan fingerprint density at radius 1 is 1.30 bits per heavy atom. The monoisotopic (exact) mass is 428 g/mol. The van der Waals surface area contributed by atoms with Gasteiger partial charge in [0.1, 0.15) is 17.9 Å². The Hall–Kier alpha value is -1.35. The fourth-order valence-electron chi connectivity index (χ4n) is 2.20. The van der Waals surface area contributed by atoms with Gasteiger partial charge in [0.05, 0.1) is 13.2 Å². The predicted molar refractivity (Wildman–Crippen MR) is 113 cm³/mol. The van der Waals surface area contributed by atoms with Gasteiger partial charge >= 0.3 is 0 Å². The van der Waals surface area contributed by atoms with Crippen molar-refractivity contribution in [3.63, 3.8) is 0 Å². The second kappa shape index (κ2) is 11.5. The van der Waals surface area contributed by atoms with E-state index in [4.69, 9.17) is 26.1 Å². The van der Waals surface area contributed by atoms with Crippen molar-refractivity contribution in [1.29, 1.82) is 0 Å². The Labute approximate surface area is 171 Å². The van der Waals surface area contributed by atoms with Gasteiger partial charge in [-0.3, -0.25) is 4.79 Å². The summed E-state index contributed by atoms with van der Waals surface area (Å²) in [5.74, 6) is 2.66. The van der Waals surface area contributed by atoms with Crippen molar-refractivity contribution in [2.45, 2.75) is 6.92 Å². The van der Waals surface area contributed by atoms with E-state index in [9.17, 15) is 9.18 Å². The summed E-state index contributed by atoms with van der Waals surface area (Å²) in [6.45, 7) is 6.60. The van der Waals surface area contributed by atoms with Crippen LogP contribution in [0.2, 0.25) is 0 Å². The minimum absolute atomic E-state index is 0.00900. The molecule has 2 rings (SSSR count). The maximum absolute atomic E-state index is 13.8. The summed E-state index contributed by atoms with van der Waals surface area (Å²) in [6.07, 6.45) is 1.33. The van der Waals surface area contributed by atoms with Crippen LogP contribution < -0.4 is 4.74 Å². The lowest BCUT2D eigenvalue weighted by atomic mass is 10.1. The average Bonchev–Trinajstić information content (AvgIpc) is 2.67. The first-order valence-electron chi connectivity index (χ1n) is 8.33. The van der Waals surface area contributed by atoms with Crippen LogP contribution in [0, 0.1) is 17.4 Å². The molecule has 4 nitrogen and oxygen atoms in total. The van der Waals surface area contributed by atoms with Gasteiger partial charge in [-0.05, 0) is 37.4 Å². The number of aryl methyl sites for hydroxylation is 1. The summed E-state index contributed by atoms with van der Waals surface area (Å²) in [5, 5.41) is 0.685. The zero-order valence-electron chi connectivity index (χ0n) is 15.0. The Morgan fingerprint density at radius 3 is 2.89 bits per heavy atom. The lowest BCUT2D eigenvalue weighted by molar-refractivity contribution is -0.107. The fourth-order valence-corrected chi connectivity index (χ4v) is 4.01. The van der Waals surface area contributed by atoms with Gasteiger partial charge in [0, 0.05) is 34.3 Å². The zero-order valence-corrected chi connectivity index (χ0v) is 17.4. The van der Waals surface area contributed by atoms with E-state index >= 15 is 0 Å². The molecule has 0 fully saturated rings. The van der Waals surface area contributed by atoms with Crippen molar-refractivity contribution in [3.8, 4) is 5.75 Å². The largest absolute Gasteiger partial charge is 0.491 e. The first kappa shape index (κ1) is 21.9. The maximum atomic E-state index is 13.8. The van der Waals surface area contributed by atoms with E-state index in [0.717, 1.165) is 17.3 Å². The summed E-state index contributed by atoms with van der Waals surface area (Å²) in [7, 11) is 0. The minimum Gasteiger partial charge on any atom is -0.491 e. The van der Waals surface area contributed by atoms with Crippen LogP contribution >= 0.6 is 35.7 Å². The zero-order chi connectivity index (χ0) is 19.6. The summed E-state index contributed by atoms with van der Waals surface area (Å²) in [5.41, 5.74) is 0.974. The van der Waals surface area contributed by atoms with E-state index in [-0.39, 0.29) is 9.82 Å². The molecule has 0 atom stereocenters. The van der Waals surface area contributed by atoms with E-state index in [1.165, 1.54) is 17.8 Å². The molecule has 0 saturated heterocycles. The van der Waals surface area contributed by atoms with Crippen molar-refractivity contribution in [2.24, 2.45) is 0 Å². The first-order chi connectivity index (χ1) is 13.0. The van der Waals surface area contributed by atoms with Gasteiger partial charge in [-0.1, -0.05) is 18.3 Å². The van der Waals surface area contributed by atoms with E-state index in [1.807, 2.05) is 0 Å². The van der Waals surface area contributed by atoms with Gasteiger partial charge in [0.2, 0.25) is 9.82 Å². The number of rotatable bonds is 11. The molecule has 0 spiro atoms. The molecule has 0 aliphatic rings. The molecular weight excluding hydrogens is 407 g/mol. The van der Waals surface area contributed by atoms with Crippen LogP contribution in [0.3, 0.4) is 0 Å². The minimum atomic E-state index is -0.497. The lowest BCUT2D eigenvalue weighted by Crippen LogP contribution is -2.08. The molecule has 1 heterocycles. The molecule has 2 aromatic rings. The van der Waals surface area contributed by atoms with Crippen molar-refractivity contribution in [3.05, 3.63) is 46.9 Å². The molecule has 27 heavy (non-hydrogen) atoms. The van der Waals surface area contributed by atoms with E-state index < -0.39 is 5.82 Å². The molecule has 0 aliphatic heterocycles. The molecule has 8 heteroatoms. The summed E-state index contributed by atoms with van der Waals surface area (Å²) in [6, 6.07) is 5.23. The van der Waals surface area contributed by atoms with Crippen molar-refractivity contribution < 1.29 is 23.1 Å². The number of thioether (sulfide) groups is 2. The second-order valence-corrected chi connectivity index (χ2v) is 8.13. The van der Waals surface area contributed by atoms with Gasteiger partial charge < -0.3 is 13.9 Å². The van der Waals surface area contributed by atoms with Crippen LogP contribution in [-0.2, 0) is 9.53 Å². The number of carbonyl (C=O) groups is 1. The topological polar surface area (TPSA) is 48.7 Å². The van der Waals surface area contributed by atoms with Crippen LogP contribution in [0.15, 0.2) is 35.3 Å². The van der Waals surface area contributed by atoms with Gasteiger partial charge in [0.25, 0.3) is 0 Å².